The summed E-state index contributed by atoms with van der Waals surface area (Å²) in [5, 5.41) is 7.80. The van der Waals surface area contributed by atoms with Crippen LogP contribution < -0.4 is 10.6 Å². The van der Waals surface area contributed by atoms with Crippen LogP contribution in [-0.4, -0.2) is 23.9 Å². The maximum atomic E-state index is 13.0. The zero-order valence-electron chi connectivity index (χ0n) is 16.1. The first-order chi connectivity index (χ1) is 14.0. The first kappa shape index (κ1) is 21.5. The normalized spacial score (nSPS) is 16.6. The molecule has 0 saturated carbocycles. The summed E-state index contributed by atoms with van der Waals surface area (Å²) in [5.74, 6) is -0.173. The molecule has 1 aliphatic heterocycles. The van der Waals surface area contributed by atoms with E-state index in [1.54, 1.807) is 12.1 Å². The van der Waals surface area contributed by atoms with Crippen molar-refractivity contribution in [2.75, 3.05) is 12.8 Å². The predicted octanol–water partition coefficient (Wildman–Crippen LogP) is 5.46. The molecule has 2 N–H and O–H groups in total. The first-order valence-corrected chi connectivity index (χ1v) is 11.0. The second-order valence-electron chi connectivity index (χ2n) is 6.40. The van der Waals surface area contributed by atoms with E-state index < -0.39 is 6.04 Å². The number of allylic oxidation sites excluding steroid dienone is 1. The molecule has 1 heterocycles. The molecule has 4 nitrogen and oxygen atoms in total. The fourth-order valence-electron chi connectivity index (χ4n) is 2.97. The molecule has 150 valence electrons. The van der Waals surface area contributed by atoms with Gasteiger partial charge in [0.05, 0.1) is 15.6 Å². The van der Waals surface area contributed by atoms with Crippen molar-refractivity contribution >= 4 is 52.1 Å². The van der Waals surface area contributed by atoms with Gasteiger partial charge in [-0.2, -0.15) is 0 Å². The van der Waals surface area contributed by atoms with Crippen LogP contribution in [0.4, 0.5) is 0 Å². The van der Waals surface area contributed by atoms with Crippen LogP contribution in [0.2, 0.25) is 10.0 Å². The Balaban J connectivity index is 1.79. The minimum Gasteiger partial charge on any atom is -0.349 e. The van der Waals surface area contributed by atoms with Crippen LogP contribution in [0, 0.1) is 0 Å². The number of hydrogen-bond acceptors (Lipinski definition) is 4. The molecular formula is C22H21Cl2N3OS. The Bertz CT molecular complexity index is 987. The molecule has 1 aliphatic rings. The number of benzene rings is 2. The van der Waals surface area contributed by atoms with Gasteiger partial charge in [0.2, 0.25) is 0 Å². The largest absolute Gasteiger partial charge is 0.349 e. The van der Waals surface area contributed by atoms with Crippen LogP contribution >= 0.6 is 35.0 Å². The number of rotatable bonds is 5. The van der Waals surface area contributed by atoms with Gasteiger partial charge in [-0.15, -0.1) is 0 Å². The van der Waals surface area contributed by atoms with Gasteiger partial charge < -0.3 is 10.6 Å². The van der Waals surface area contributed by atoms with Crippen molar-refractivity contribution in [3.8, 4) is 0 Å². The maximum absolute atomic E-state index is 13.0. The fraction of sp³-hybridized carbons (Fsp3) is 0.182. The average Bonchev–Trinajstić information content (AvgIpc) is 2.73. The van der Waals surface area contributed by atoms with Crippen molar-refractivity contribution in [3.63, 3.8) is 0 Å². The lowest BCUT2D eigenvalue weighted by molar-refractivity contribution is -0.117. The number of halogens is 2. The highest BCUT2D eigenvalue weighted by molar-refractivity contribution is 8.13. The van der Waals surface area contributed by atoms with E-state index in [4.69, 9.17) is 28.2 Å². The Morgan fingerprint density at radius 3 is 2.66 bits per heavy atom. The van der Waals surface area contributed by atoms with E-state index in [9.17, 15) is 4.79 Å². The molecule has 29 heavy (non-hydrogen) atoms. The van der Waals surface area contributed by atoms with Crippen LogP contribution in [0.1, 0.15) is 24.1 Å². The van der Waals surface area contributed by atoms with E-state index in [2.05, 4.69) is 10.6 Å². The molecule has 7 heteroatoms. The Morgan fingerprint density at radius 1 is 1.21 bits per heavy atom. The third-order valence-electron chi connectivity index (χ3n) is 4.41. The summed E-state index contributed by atoms with van der Waals surface area (Å²) in [6, 6.07) is 14.8. The lowest BCUT2D eigenvalue weighted by Crippen LogP contribution is -2.35. The monoisotopic (exact) mass is 445 g/mol. The fourth-order valence-corrected chi connectivity index (χ4v) is 3.75. The highest BCUT2D eigenvalue weighted by Gasteiger charge is 2.29. The van der Waals surface area contributed by atoms with E-state index in [1.807, 2.05) is 61.7 Å². The number of carbonyl (C=O) groups is 1. The van der Waals surface area contributed by atoms with Gasteiger partial charge in [-0.05, 0) is 36.4 Å². The number of nitrogens with one attached hydrogen (secondary N) is 2. The summed E-state index contributed by atoms with van der Waals surface area (Å²) in [6.07, 6.45) is 5.83. The summed E-state index contributed by atoms with van der Waals surface area (Å²) in [5.41, 5.74) is 3.23. The Kier molecular flexibility index (Phi) is 7.42. The van der Waals surface area contributed by atoms with E-state index in [-0.39, 0.29) is 5.91 Å². The van der Waals surface area contributed by atoms with Gasteiger partial charge in [0, 0.05) is 12.2 Å². The quantitative estimate of drug-likeness (QED) is 0.641. The van der Waals surface area contributed by atoms with E-state index in [1.165, 1.54) is 11.8 Å². The van der Waals surface area contributed by atoms with E-state index >= 15 is 0 Å². The number of carbonyl (C=O) groups excluding carboxylic acids is 1. The van der Waals surface area contributed by atoms with Crippen molar-refractivity contribution in [2.45, 2.75) is 13.0 Å². The molecule has 0 aliphatic carbocycles. The summed E-state index contributed by atoms with van der Waals surface area (Å²) >= 11 is 13.7. The number of aliphatic imine (C=N–C) groups is 1. The Hall–Kier alpha value is -2.21. The van der Waals surface area contributed by atoms with Gasteiger partial charge in [0.25, 0.3) is 5.91 Å². The Morgan fingerprint density at radius 2 is 1.97 bits per heavy atom. The molecular weight excluding hydrogens is 425 g/mol. The third kappa shape index (κ3) is 5.44. The number of amides is 1. The zero-order valence-corrected chi connectivity index (χ0v) is 18.4. The summed E-state index contributed by atoms with van der Waals surface area (Å²) in [7, 11) is 0. The standard InChI is InChI=1S/C22H21Cl2N3OS/c1-14-19(21(28)25-12-6-9-15-7-4-3-5-8-15)20(27-22(26-14)29-2)16-10-11-17(23)18(24)13-16/h3-11,13,20H,12H2,1-2H3,(H,25,28)(H,26,27). The minimum atomic E-state index is -0.452. The van der Waals surface area contributed by atoms with Gasteiger partial charge in [-0.3, -0.25) is 4.79 Å². The Labute approximate surface area is 185 Å². The van der Waals surface area contributed by atoms with Crippen LogP contribution in [0.3, 0.4) is 0 Å². The highest BCUT2D eigenvalue weighted by atomic mass is 35.5. The zero-order chi connectivity index (χ0) is 20.8. The molecule has 0 bridgehead atoms. The minimum absolute atomic E-state index is 0.173. The van der Waals surface area contributed by atoms with Crippen LogP contribution in [0.25, 0.3) is 6.08 Å². The molecule has 2 aromatic rings. The lowest BCUT2D eigenvalue weighted by atomic mass is 9.96. The van der Waals surface area contributed by atoms with Crippen molar-refractivity contribution in [3.05, 3.63) is 87.0 Å². The predicted molar refractivity (Wildman–Crippen MR) is 124 cm³/mol. The smallest absolute Gasteiger partial charge is 0.251 e. The number of thioether (sulfide) groups is 1. The SMILES string of the molecule is CSC1=NC(c2ccc(Cl)c(Cl)c2)C(C(=O)NCC=Cc2ccccc2)=C(C)N1. The van der Waals surface area contributed by atoms with E-state index in [0.717, 1.165) is 22.0 Å². The summed E-state index contributed by atoms with van der Waals surface area (Å²) in [6.45, 7) is 2.29. The van der Waals surface area contributed by atoms with Crippen molar-refractivity contribution in [1.82, 2.24) is 10.6 Å². The second kappa shape index (κ2) is 10.0. The van der Waals surface area contributed by atoms with Crippen LogP contribution in [0.15, 0.2) is 70.9 Å². The van der Waals surface area contributed by atoms with Crippen LogP contribution in [-0.2, 0) is 4.79 Å². The third-order valence-corrected chi connectivity index (χ3v) is 5.74. The number of nitrogens with zero attached hydrogens (tertiary/aromatic N) is 1. The topological polar surface area (TPSA) is 53.5 Å². The molecule has 0 fully saturated rings. The molecule has 0 spiro atoms. The van der Waals surface area contributed by atoms with Gasteiger partial charge >= 0.3 is 0 Å². The van der Waals surface area contributed by atoms with Crippen molar-refractivity contribution < 1.29 is 4.79 Å². The number of hydrogen-bond donors (Lipinski definition) is 2. The summed E-state index contributed by atoms with van der Waals surface area (Å²) in [4.78, 5) is 17.7. The maximum Gasteiger partial charge on any atom is 0.251 e. The first-order valence-electron chi connectivity index (χ1n) is 9.04. The molecule has 3 rings (SSSR count). The van der Waals surface area contributed by atoms with Gasteiger partial charge in [0.1, 0.15) is 6.04 Å². The average molecular weight is 446 g/mol. The van der Waals surface area contributed by atoms with E-state index in [0.29, 0.717) is 22.2 Å². The second-order valence-corrected chi connectivity index (χ2v) is 8.01. The highest BCUT2D eigenvalue weighted by Crippen LogP contribution is 2.34. The molecule has 1 amide bonds. The lowest BCUT2D eigenvalue weighted by Gasteiger charge is -2.26. The van der Waals surface area contributed by atoms with Crippen LogP contribution in [0.5, 0.6) is 0 Å². The molecule has 0 aromatic heterocycles. The molecule has 2 aromatic carbocycles. The molecule has 1 atom stereocenters. The molecule has 0 radical (unpaired) electrons. The van der Waals surface area contributed by atoms with Crippen molar-refractivity contribution in [2.24, 2.45) is 4.99 Å². The van der Waals surface area contributed by atoms with Gasteiger partial charge in [-0.25, -0.2) is 4.99 Å². The van der Waals surface area contributed by atoms with Gasteiger partial charge in [-0.1, -0.05) is 83.5 Å². The summed E-state index contributed by atoms with van der Waals surface area (Å²) < 4.78 is 0. The van der Waals surface area contributed by atoms with Crippen molar-refractivity contribution in [1.29, 1.82) is 0 Å². The number of amidine groups is 1. The molecule has 0 saturated heterocycles. The molecule has 1 unspecified atom stereocenters. The van der Waals surface area contributed by atoms with Gasteiger partial charge in [0.15, 0.2) is 5.17 Å².